The van der Waals surface area contributed by atoms with E-state index in [-0.39, 0.29) is 11.9 Å². The van der Waals surface area contributed by atoms with Gasteiger partial charge in [-0.3, -0.25) is 9.78 Å². The Balaban J connectivity index is 1.98. The molecule has 1 aromatic rings. The van der Waals surface area contributed by atoms with E-state index in [0.29, 0.717) is 19.0 Å². The zero-order chi connectivity index (χ0) is 13.0. The van der Waals surface area contributed by atoms with Crippen LogP contribution in [0.25, 0.3) is 0 Å². The fourth-order valence-corrected chi connectivity index (χ4v) is 1.96. The van der Waals surface area contributed by atoms with Gasteiger partial charge in [0.2, 0.25) is 5.91 Å². The molecule has 0 spiro atoms. The molecule has 4 heteroatoms. The maximum atomic E-state index is 12.2. The van der Waals surface area contributed by atoms with E-state index in [4.69, 9.17) is 5.73 Å². The highest BCUT2D eigenvalue weighted by molar-refractivity contribution is 5.77. The van der Waals surface area contributed by atoms with Crippen molar-refractivity contribution in [3.8, 4) is 0 Å². The van der Waals surface area contributed by atoms with Crippen molar-refractivity contribution in [1.82, 2.24) is 9.88 Å². The summed E-state index contributed by atoms with van der Waals surface area (Å²) in [5.74, 6) is 0.164. The van der Waals surface area contributed by atoms with Crippen LogP contribution in [0.4, 0.5) is 0 Å². The van der Waals surface area contributed by atoms with Gasteiger partial charge in [0.05, 0.1) is 12.2 Å². The van der Waals surface area contributed by atoms with Crippen LogP contribution in [-0.2, 0) is 11.3 Å². The fraction of sp³-hybridized carbons (Fsp3) is 0.571. The largest absolute Gasteiger partial charge is 0.334 e. The number of rotatable bonds is 6. The van der Waals surface area contributed by atoms with Crippen LogP contribution < -0.4 is 5.73 Å². The SMILES string of the molecule is CCC(N)CC(=O)N(Cc1ccccn1)C1CC1. The molecule has 1 fully saturated rings. The van der Waals surface area contributed by atoms with E-state index in [1.54, 1.807) is 6.20 Å². The third-order valence-electron chi connectivity index (χ3n) is 3.33. The third kappa shape index (κ3) is 3.53. The summed E-state index contributed by atoms with van der Waals surface area (Å²) < 4.78 is 0. The predicted octanol–water partition coefficient (Wildman–Crippen LogP) is 1.70. The lowest BCUT2D eigenvalue weighted by atomic mass is 10.1. The number of nitrogens with zero attached hydrogens (tertiary/aromatic N) is 2. The second-order valence-corrected chi connectivity index (χ2v) is 4.95. The van der Waals surface area contributed by atoms with Gasteiger partial charge >= 0.3 is 0 Å². The molecule has 4 nitrogen and oxygen atoms in total. The molecule has 1 heterocycles. The molecular formula is C14H21N3O. The summed E-state index contributed by atoms with van der Waals surface area (Å²) in [5.41, 5.74) is 6.81. The lowest BCUT2D eigenvalue weighted by molar-refractivity contribution is -0.132. The number of pyridine rings is 1. The number of hydrogen-bond acceptors (Lipinski definition) is 3. The van der Waals surface area contributed by atoms with Gasteiger partial charge in [-0.1, -0.05) is 13.0 Å². The molecule has 0 saturated heterocycles. The Morgan fingerprint density at radius 2 is 2.33 bits per heavy atom. The van der Waals surface area contributed by atoms with Crippen LogP contribution in [0.15, 0.2) is 24.4 Å². The van der Waals surface area contributed by atoms with Gasteiger partial charge in [-0.2, -0.15) is 0 Å². The molecule has 0 aromatic carbocycles. The Hall–Kier alpha value is -1.42. The van der Waals surface area contributed by atoms with E-state index < -0.39 is 0 Å². The molecule has 18 heavy (non-hydrogen) atoms. The van der Waals surface area contributed by atoms with E-state index in [0.717, 1.165) is 25.0 Å². The van der Waals surface area contributed by atoms with Crippen LogP contribution in [0.5, 0.6) is 0 Å². The quantitative estimate of drug-likeness (QED) is 0.832. The Kier molecular flexibility index (Phi) is 4.31. The van der Waals surface area contributed by atoms with Gasteiger partial charge in [-0.05, 0) is 31.4 Å². The summed E-state index contributed by atoms with van der Waals surface area (Å²) in [5, 5.41) is 0. The summed E-state index contributed by atoms with van der Waals surface area (Å²) >= 11 is 0. The van der Waals surface area contributed by atoms with Gasteiger partial charge in [0.1, 0.15) is 0 Å². The zero-order valence-electron chi connectivity index (χ0n) is 10.9. The highest BCUT2D eigenvalue weighted by Gasteiger charge is 2.32. The average molecular weight is 247 g/mol. The molecular weight excluding hydrogens is 226 g/mol. The van der Waals surface area contributed by atoms with Gasteiger partial charge < -0.3 is 10.6 Å². The van der Waals surface area contributed by atoms with Crippen LogP contribution in [0.2, 0.25) is 0 Å². The Bertz CT molecular complexity index is 389. The van der Waals surface area contributed by atoms with E-state index >= 15 is 0 Å². The summed E-state index contributed by atoms with van der Waals surface area (Å²) in [4.78, 5) is 18.4. The maximum absolute atomic E-state index is 12.2. The Morgan fingerprint density at radius 3 is 2.89 bits per heavy atom. The number of amides is 1. The summed E-state index contributed by atoms with van der Waals surface area (Å²) in [7, 11) is 0. The average Bonchev–Trinajstić information content (AvgIpc) is 3.21. The second-order valence-electron chi connectivity index (χ2n) is 4.95. The van der Waals surface area contributed by atoms with Crippen molar-refractivity contribution in [3.05, 3.63) is 30.1 Å². The molecule has 0 bridgehead atoms. The number of aromatic nitrogens is 1. The van der Waals surface area contributed by atoms with E-state index in [1.165, 1.54) is 0 Å². The number of carbonyl (C=O) groups excluding carboxylic acids is 1. The molecule has 0 aliphatic heterocycles. The zero-order valence-corrected chi connectivity index (χ0v) is 10.9. The van der Waals surface area contributed by atoms with Crippen LogP contribution >= 0.6 is 0 Å². The van der Waals surface area contributed by atoms with Gasteiger partial charge in [-0.15, -0.1) is 0 Å². The molecule has 2 N–H and O–H groups in total. The van der Waals surface area contributed by atoms with Gasteiger partial charge in [0.25, 0.3) is 0 Å². The lowest BCUT2D eigenvalue weighted by Crippen LogP contribution is -2.37. The Morgan fingerprint density at radius 1 is 1.56 bits per heavy atom. The molecule has 1 aliphatic rings. The van der Waals surface area contributed by atoms with Crippen molar-refractivity contribution in [3.63, 3.8) is 0 Å². The minimum atomic E-state index is -0.0255. The summed E-state index contributed by atoms with van der Waals surface area (Å²) in [6, 6.07) is 6.18. The van der Waals surface area contributed by atoms with E-state index in [9.17, 15) is 4.79 Å². The fourth-order valence-electron chi connectivity index (χ4n) is 1.96. The monoisotopic (exact) mass is 247 g/mol. The predicted molar refractivity (Wildman–Crippen MR) is 70.7 cm³/mol. The van der Waals surface area contributed by atoms with Crippen molar-refractivity contribution < 1.29 is 4.79 Å². The highest BCUT2D eigenvalue weighted by atomic mass is 16.2. The molecule has 1 atom stereocenters. The van der Waals surface area contributed by atoms with Gasteiger partial charge in [0, 0.05) is 24.7 Å². The Labute approximate surface area is 108 Å². The first-order valence-corrected chi connectivity index (χ1v) is 6.65. The van der Waals surface area contributed by atoms with Crippen molar-refractivity contribution in [2.45, 2.75) is 51.2 Å². The minimum absolute atomic E-state index is 0.0255. The van der Waals surface area contributed by atoms with Crippen molar-refractivity contribution in [1.29, 1.82) is 0 Å². The molecule has 1 amide bonds. The normalized spacial score (nSPS) is 16.3. The van der Waals surface area contributed by atoms with Gasteiger partial charge in [0.15, 0.2) is 0 Å². The number of carbonyl (C=O) groups is 1. The number of hydrogen-bond donors (Lipinski definition) is 1. The molecule has 1 aliphatic carbocycles. The highest BCUT2D eigenvalue weighted by Crippen LogP contribution is 2.28. The first-order valence-electron chi connectivity index (χ1n) is 6.65. The molecule has 0 radical (unpaired) electrons. The van der Waals surface area contributed by atoms with Crippen molar-refractivity contribution >= 4 is 5.91 Å². The van der Waals surface area contributed by atoms with Crippen molar-refractivity contribution in [2.24, 2.45) is 5.73 Å². The lowest BCUT2D eigenvalue weighted by Gasteiger charge is -2.23. The smallest absolute Gasteiger partial charge is 0.224 e. The summed E-state index contributed by atoms with van der Waals surface area (Å²) in [6.45, 7) is 2.62. The minimum Gasteiger partial charge on any atom is -0.334 e. The van der Waals surface area contributed by atoms with Crippen molar-refractivity contribution in [2.75, 3.05) is 0 Å². The molecule has 2 rings (SSSR count). The first-order chi connectivity index (χ1) is 8.70. The first kappa shape index (κ1) is 13.0. The topological polar surface area (TPSA) is 59.2 Å². The van der Waals surface area contributed by atoms with Crippen LogP contribution in [0.3, 0.4) is 0 Å². The van der Waals surface area contributed by atoms with Crippen LogP contribution in [0, 0.1) is 0 Å². The molecule has 1 saturated carbocycles. The second kappa shape index (κ2) is 5.96. The molecule has 1 aromatic heterocycles. The van der Waals surface area contributed by atoms with Gasteiger partial charge in [-0.25, -0.2) is 0 Å². The summed E-state index contributed by atoms with van der Waals surface area (Å²) in [6.07, 6.45) is 5.27. The third-order valence-corrected chi connectivity index (χ3v) is 3.33. The van der Waals surface area contributed by atoms with Crippen LogP contribution in [0.1, 0.15) is 38.3 Å². The van der Waals surface area contributed by atoms with E-state index in [2.05, 4.69) is 4.98 Å². The molecule has 1 unspecified atom stereocenters. The van der Waals surface area contributed by atoms with E-state index in [1.807, 2.05) is 30.0 Å². The standard InChI is InChI=1S/C14H21N3O/c1-2-11(15)9-14(18)17(13-6-7-13)10-12-5-3-4-8-16-12/h3-5,8,11,13H,2,6-7,9-10,15H2,1H3. The number of nitrogens with two attached hydrogens (primary N) is 1. The molecule has 98 valence electrons. The van der Waals surface area contributed by atoms with Crippen LogP contribution in [-0.4, -0.2) is 27.9 Å². The maximum Gasteiger partial charge on any atom is 0.224 e.